The lowest BCUT2D eigenvalue weighted by Gasteiger charge is -2.25. The molecule has 1 N–H and O–H groups in total. The second-order valence-electron chi connectivity index (χ2n) is 3.66. The van der Waals surface area contributed by atoms with Crippen LogP contribution in [0.4, 0.5) is 0 Å². The van der Waals surface area contributed by atoms with Crippen molar-refractivity contribution in [3.05, 3.63) is 40.5 Å². The van der Waals surface area contributed by atoms with Crippen molar-refractivity contribution in [2.24, 2.45) is 0 Å². The van der Waals surface area contributed by atoms with Gasteiger partial charge in [-0.05, 0) is 0 Å². The van der Waals surface area contributed by atoms with Gasteiger partial charge >= 0.3 is 17.9 Å². The first kappa shape index (κ1) is 13.6. The SMILES string of the molecule is O=[N+]([O-])C1CC([N+](=O)[O-])([N+](=O)[O-])CNC1[N+](=O)[O-]. The van der Waals surface area contributed by atoms with E-state index in [0.29, 0.717) is 0 Å². The highest BCUT2D eigenvalue weighted by molar-refractivity contribution is 4.85. The summed E-state index contributed by atoms with van der Waals surface area (Å²) in [5.74, 6) is 0. The van der Waals surface area contributed by atoms with E-state index in [2.05, 4.69) is 0 Å². The first-order valence-corrected chi connectivity index (χ1v) is 4.52. The lowest BCUT2D eigenvalue weighted by atomic mass is 9.95. The third kappa shape index (κ3) is 2.02. The summed E-state index contributed by atoms with van der Waals surface area (Å²) in [6, 6.07) is -2.04. The molecule has 0 spiro atoms. The number of nitrogens with zero attached hydrogens (tertiary/aromatic N) is 4. The van der Waals surface area contributed by atoms with Gasteiger partial charge in [0.15, 0.2) is 6.42 Å². The predicted molar refractivity (Wildman–Crippen MR) is 50.9 cm³/mol. The van der Waals surface area contributed by atoms with E-state index in [4.69, 9.17) is 0 Å². The normalized spacial score (nSPS) is 26.2. The van der Waals surface area contributed by atoms with Crippen LogP contribution in [0.25, 0.3) is 0 Å². The second kappa shape index (κ2) is 4.44. The Labute approximate surface area is 97.4 Å². The Morgan fingerprint density at radius 2 is 1.44 bits per heavy atom. The summed E-state index contributed by atoms with van der Waals surface area (Å²) in [5, 5.41) is 44.4. The zero-order chi connectivity index (χ0) is 14.1. The van der Waals surface area contributed by atoms with Crippen LogP contribution >= 0.6 is 0 Å². The summed E-state index contributed by atoms with van der Waals surface area (Å²) in [6.45, 7) is -0.941. The summed E-state index contributed by atoms with van der Waals surface area (Å²) in [4.78, 5) is 37.8. The van der Waals surface area contributed by atoms with Crippen LogP contribution in [-0.2, 0) is 0 Å². The van der Waals surface area contributed by atoms with Gasteiger partial charge in [-0.25, -0.2) is 5.32 Å². The van der Waals surface area contributed by atoms with Gasteiger partial charge in [0.1, 0.15) is 16.4 Å². The van der Waals surface area contributed by atoms with Gasteiger partial charge in [0.25, 0.3) is 0 Å². The first-order chi connectivity index (χ1) is 8.22. The molecule has 0 aromatic carbocycles. The van der Waals surface area contributed by atoms with E-state index in [1.165, 1.54) is 0 Å². The molecule has 13 nitrogen and oxygen atoms in total. The molecule has 1 saturated heterocycles. The molecule has 0 aromatic rings. The van der Waals surface area contributed by atoms with E-state index in [-0.39, 0.29) is 0 Å². The van der Waals surface area contributed by atoms with Crippen molar-refractivity contribution in [1.82, 2.24) is 5.32 Å². The number of nitro groups is 4. The van der Waals surface area contributed by atoms with Gasteiger partial charge in [0, 0.05) is 9.85 Å². The molecular formula is C5H7N5O8. The smallest absolute Gasteiger partial charge is 0.264 e. The molecule has 1 heterocycles. The fourth-order valence-electron chi connectivity index (χ4n) is 1.67. The molecule has 1 fully saturated rings. The standard InChI is InChI=1S/C5H7N5O8/c11-7(12)3-1-5(9(15)16,10(17)18)2-6-4(3)8(13)14/h3-4,6H,1-2H2. The molecule has 0 aromatic heterocycles. The van der Waals surface area contributed by atoms with Crippen LogP contribution in [0.5, 0.6) is 0 Å². The van der Waals surface area contributed by atoms with Crippen LogP contribution in [0.2, 0.25) is 0 Å². The number of piperidine rings is 1. The van der Waals surface area contributed by atoms with Crippen molar-refractivity contribution < 1.29 is 19.7 Å². The van der Waals surface area contributed by atoms with Crippen molar-refractivity contribution in [1.29, 1.82) is 0 Å². The molecule has 1 aliphatic heterocycles. The Hall–Kier alpha value is -2.44. The quantitative estimate of drug-likeness (QED) is 0.357. The molecule has 13 heteroatoms. The van der Waals surface area contributed by atoms with Crippen LogP contribution in [0.15, 0.2) is 0 Å². The monoisotopic (exact) mass is 265 g/mol. The molecule has 0 radical (unpaired) electrons. The van der Waals surface area contributed by atoms with Gasteiger partial charge in [0.05, 0.1) is 0 Å². The number of nitrogens with one attached hydrogen (secondary N) is 1. The van der Waals surface area contributed by atoms with Crippen LogP contribution in [0.3, 0.4) is 0 Å². The molecule has 18 heavy (non-hydrogen) atoms. The Balaban J connectivity index is 3.12. The average molecular weight is 265 g/mol. The fraction of sp³-hybridized carbons (Fsp3) is 1.00. The van der Waals surface area contributed by atoms with Gasteiger partial charge in [-0.3, -0.25) is 40.5 Å². The van der Waals surface area contributed by atoms with Crippen LogP contribution in [0.1, 0.15) is 6.42 Å². The van der Waals surface area contributed by atoms with Gasteiger partial charge in [-0.15, -0.1) is 0 Å². The zero-order valence-corrected chi connectivity index (χ0v) is 8.62. The first-order valence-electron chi connectivity index (χ1n) is 4.52. The Morgan fingerprint density at radius 3 is 1.78 bits per heavy atom. The van der Waals surface area contributed by atoms with Crippen LogP contribution in [0, 0.1) is 40.5 Å². The third-order valence-electron chi connectivity index (χ3n) is 2.67. The van der Waals surface area contributed by atoms with Crippen molar-refractivity contribution >= 4 is 0 Å². The molecule has 2 unspecified atom stereocenters. The Kier molecular flexibility index (Phi) is 3.36. The van der Waals surface area contributed by atoms with Gasteiger partial charge in [-0.1, -0.05) is 0 Å². The van der Waals surface area contributed by atoms with Crippen molar-refractivity contribution in [3.8, 4) is 0 Å². The molecule has 0 aliphatic carbocycles. The highest BCUT2D eigenvalue weighted by atomic mass is 16.7. The molecular weight excluding hydrogens is 258 g/mol. The maximum absolute atomic E-state index is 10.7. The van der Waals surface area contributed by atoms with E-state index in [0.717, 1.165) is 0 Å². The summed E-state index contributed by atoms with van der Waals surface area (Å²) in [5.41, 5.74) is -2.82. The maximum atomic E-state index is 10.7. The minimum Gasteiger partial charge on any atom is -0.264 e. The van der Waals surface area contributed by atoms with E-state index in [1.54, 1.807) is 0 Å². The fourth-order valence-corrected chi connectivity index (χ4v) is 1.67. The molecule has 0 bridgehead atoms. The van der Waals surface area contributed by atoms with E-state index in [1.807, 2.05) is 5.32 Å². The molecule has 100 valence electrons. The van der Waals surface area contributed by atoms with Gasteiger partial charge < -0.3 is 0 Å². The Bertz CT molecular complexity index is 408. The summed E-state index contributed by atoms with van der Waals surface area (Å²) in [6.07, 6.45) is -3.02. The summed E-state index contributed by atoms with van der Waals surface area (Å²) < 4.78 is 0. The molecule has 0 saturated carbocycles. The van der Waals surface area contributed by atoms with E-state index >= 15 is 0 Å². The predicted octanol–water partition coefficient (Wildman–Crippen LogP) is -1.52. The van der Waals surface area contributed by atoms with E-state index < -0.39 is 50.5 Å². The van der Waals surface area contributed by atoms with E-state index in [9.17, 15) is 40.5 Å². The van der Waals surface area contributed by atoms with Gasteiger partial charge in [-0.2, -0.15) is 0 Å². The zero-order valence-electron chi connectivity index (χ0n) is 8.62. The summed E-state index contributed by atoms with van der Waals surface area (Å²) >= 11 is 0. The van der Waals surface area contributed by atoms with Crippen molar-refractivity contribution in [2.75, 3.05) is 6.54 Å². The molecule has 1 aliphatic rings. The number of hydrogen-bond donors (Lipinski definition) is 1. The van der Waals surface area contributed by atoms with Crippen molar-refractivity contribution in [3.63, 3.8) is 0 Å². The van der Waals surface area contributed by atoms with Crippen LogP contribution in [-0.4, -0.2) is 44.1 Å². The summed E-state index contributed by atoms with van der Waals surface area (Å²) in [7, 11) is 0. The minimum absolute atomic E-state index is 0.941. The third-order valence-corrected chi connectivity index (χ3v) is 2.67. The Morgan fingerprint density at radius 1 is 0.944 bits per heavy atom. The molecule has 1 rings (SSSR count). The highest BCUT2D eigenvalue weighted by Gasteiger charge is 2.67. The number of rotatable bonds is 4. The topological polar surface area (TPSA) is 185 Å². The van der Waals surface area contributed by atoms with Crippen LogP contribution < -0.4 is 5.32 Å². The molecule has 2 atom stereocenters. The second-order valence-corrected chi connectivity index (χ2v) is 3.66. The average Bonchev–Trinajstić information content (AvgIpc) is 2.27. The molecule has 0 amide bonds. The highest BCUT2D eigenvalue weighted by Crippen LogP contribution is 2.25. The largest absolute Gasteiger partial charge is 0.477 e. The maximum Gasteiger partial charge on any atom is 0.477 e. The minimum atomic E-state index is -2.82. The van der Waals surface area contributed by atoms with Gasteiger partial charge in [0.2, 0.25) is 0 Å². The lowest BCUT2D eigenvalue weighted by molar-refractivity contribution is -0.807. The lowest BCUT2D eigenvalue weighted by Crippen LogP contribution is -2.67. The number of hydrogen-bond acceptors (Lipinski definition) is 9. The van der Waals surface area contributed by atoms with Crippen molar-refractivity contribution in [2.45, 2.75) is 24.3 Å².